The molecule has 1 unspecified atom stereocenters. The number of ether oxygens (including phenoxy) is 1. The van der Waals surface area contributed by atoms with Crippen LogP contribution in [-0.4, -0.2) is 27.2 Å². The summed E-state index contributed by atoms with van der Waals surface area (Å²) in [7, 11) is -4.05. The minimum Gasteiger partial charge on any atom is -0.466 e. The van der Waals surface area contributed by atoms with Crippen molar-refractivity contribution in [2.24, 2.45) is 5.92 Å². The lowest BCUT2D eigenvalue weighted by Crippen LogP contribution is -2.20. The average Bonchev–Trinajstić information content (AvgIpc) is 3.03. The third kappa shape index (κ3) is 4.99. The van der Waals surface area contributed by atoms with Gasteiger partial charge in [0.2, 0.25) is 0 Å². The number of halogens is 3. The number of carbonyl (C=O) groups is 1. The highest BCUT2D eigenvalue weighted by molar-refractivity contribution is 7.90. The maximum Gasteiger partial charge on any atom is 0.417 e. The molecule has 1 fully saturated rings. The lowest BCUT2D eigenvalue weighted by atomic mass is 9.87. The fourth-order valence-electron chi connectivity index (χ4n) is 3.50. The van der Waals surface area contributed by atoms with Gasteiger partial charge in [0.1, 0.15) is 0 Å². The second-order valence-electron chi connectivity index (χ2n) is 6.72. The first kappa shape index (κ1) is 20.7. The molecule has 0 aromatic heterocycles. The summed E-state index contributed by atoms with van der Waals surface area (Å²) < 4.78 is 68.6. The molecule has 1 aliphatic rings. The van der Waals surface area contributed by atoms with E-state index in [-0.39, 0.29) is 18.1 Å². The zero-order valence-corrected chi connectivity index (χ0v) is 15.6. The van der Waals surface area contributed by atoms with E-state index in [9.17, 15) is 26.4 Å². The van der Waals surface area contributed by atoms with Crippen molar-refractivity contribution in [1.29, 1.82) is 0 Å². The molecule has 2 rings (SSSR count). The molecule has 146 valence electrons. The Morgan fingerprint density at radius 3 is 2.38 bits per heavy atom. The van der Waals surface area contributed by atoms with Crippen molar-refractivity contribution in [3.8, 4) is 0 Å². The van der Waals surface area contributed by atoms with Gasteiger partial charge in [-0.25, -0.2) is 8.42 Å². The van der Waals surface area contributed by atoms with Gasteiger partial charge in [-0.15, -0.1) is 0 Å². The maximum atomic E-state index is 13.4. The normalized spacial score (nSPS) is 17.3. The molecule has 1 aliphatic carbocycles. The first-order chi connectivity index (χ1) is 12.0. The first-order valence-electron chi connectivity index (χ1n) is 8.62. The van der Waals surface area contributed by atoms with Crippen molar-refractivity contribution >= 4 is 15.8 Å². The number of rotatable bonds is 6. The summed E-state index contributed by atoms with van der Waals surface area (Å²) in [6.45, 7) is 1.77. The lowest BCUT2D eigenvalue weighted by molar-refractivity contribution is -0.146. The summed E-state index contributed by atoms with van der Waals surface area (Å²) in [4.78, 5) is 11.6. The minimum atomic E-state index is -4.83. The second kappa shape index (κ2) is 7.98. The monoisotopic (exact) mass is 392 g/mol. The molecular weight excluding hydrogens is 369 g/mol. The summed E-state index contributed by atoms with van der Waals surface area (Å²) in [5, 5.41) is 0. The molecule has 1 saturated carbocycles. The number of hydrogen-bond acceptors (Lipinski definition) is 4. The Labute approximate surface area is 151 Å². The fourth-order valence-corrected chi connectivity index (χ4v) is 4.39. The van der Waals surface area contributed by atoms with Crippen LogP contribution in [0.25, 0.3) is 0 Å². The van der Waals surface area contributed by atoms with Gasteiger partial charge < -0.3 is 4.74 Å². The molecule has 0 amide bonds. The Balaban J connectivity index is 2.48. The fraction of sp³-hybridized carbons (Fsp3) is 0.611. The molecule has 26 heavy (non-hydrogen) atoms. The topological polar surface area (TPSA) is 60.4 Å². The standard InChI is InChI=1S/C18H23F3O4S/c1-3-25-17(22)14(10-12-6-4-5-7-12)13-8-9-16(26(2,23)24)15(11-13)18(19,20)21/h8-9,11-12,14H,3-7,10H2,1-2H3. The van der Waals surface area contributed by atoms with Crippen LogP contribution in [-0.2, 0) is 25.5 Å². The summed E-state index contributed by atoms with van der Waals surface area (Å²) in [5.74, 6) is -1.14. The van der Waals surface area contributed by atoms with E-state index < -0.39 is 38.4 Å². The molecule has 0 heterocycles. The van der Waals surface area contributed by atoms with Crippen molar-refractivity contribution in [3.05, 3.63) is 29.3 Å². The van der Waals surface area contributed by atoms with E-state index in [0.717, 1.165) is 44.1 Å². The van der Waals surface area contributed by atoms with Crippen LogP contribution >= 0.6 is 0 Å². The lowest BCUT2D eigenvalue weighted by Gasteiger charge is -2.21. The van der Waals surface area contributed by atoms with Crippen LogP contribution in [0.4, 0.5) is 13.2 Å². The molecule has 0 bridgehead atoms. The summed E-state index contributed by atoms with van der Waals surface area (Å²) in [5.41, 5.74) is -1.09. The maximum absolute atomic E-state index is 13.4. The predicted octanol–water partition coefficient (Wildman–Crippen LogP) is 4.34. The summed E-state index contributed by atoms with van der Waals surface area (Å²) in [6.07, 6.45) is 0.267. The van der Waals surface area contributed by atoms with Gasteiger partial charge in [0, 0.05) is 6.26 Å². The van der Waals surface area contributed by atoms with Crippen LogP contribution in [0.3, 0.4) is 0 Å². The van der Waals surface area contributed by atoms with Gasteiger partial charge in [0.15, 0.2) is 9.84 Å². The van der Waals surface area contributed by atoms with Crippen molar-refractivity contribution in [1.82, 2.24) is 0 Å². The predicted molar refractivity (Wildman–Crippen MR) is 90.5 cm³/mol. The van der Waals surface area contributed by atoms with Crippen LogP contribution in [0.5, 0.6) is 0 Å². The largest absolute Gasteiger partial charge is 0.466 e. The van der Waals surface area contributed by atoms with Gasteiger partial charge in [-0.1, -0.05) is 31.7 Å². The molecule has 4 nitrogen and oxygen atoms in total. The van der Waals surface area contributed by atoms with E-state index >= 15 is 0 Å². The molecule has 1 atom stereocenters. The van der Waals surface area contributed by atoms with Crippen molar-refractivity contribution < 1.29 is 31.1 Å². The Bertz CT molecular complexity index is 750. The number of hydrogen-bond donors (Lipinski definition) is 0. The third-order valence-corrected chi connectivity index (χ3v) is 5.88. The van der Waals surface area contributed by atoms with E-state index in [2.05, 4.69) is 0 Å². The van der Waals surface area contributed by atoms with Crippen LogP contribution in [0.2, 0.25) is 0 Å². The zero-order valence-electron chi connectivity index (χ0n) is 14.8. The third-order valence-electron chi connectivity index (χ3n) is 4.73. The number of sulfone groups is 1. The van der Waals surface area contributed by atoms with E-state index in [1.54, 1.807) is 6.92 Å². The first-order valence-corrected chi connectivity index (χ1v) is 10.5. The van der Waals surface area contributed by atoms with E-state index in [4.69, 9.17) is 4.74 Å². The highest BCUT2D eigenvalue weighted by Gasteiger charge is 2.38. The number of carbonyl (C=O) groups excluding carboxylic acids is 1. The highest BCUT2D eigenvalue weighted by atomic mass is 32.2. The Kier molecular flexibility index (Phi) is 6.37. The number of esters is 1. The number of alkyl halides is 3. The molecule has 0 radical (unpaired) electrons. The van der Waals surface area contributed by atoms with Gasteiger partial charge in [-0.05, 0) is 37.0 Å². The summed E-state index contributed by atoms with van der Waals surface area (Å²) in [6, 6.07) is 3.02. The zero-order chi connectivity index (χ0) is 19.5. The Hall–Kier alpha value is -1.57. The second-order valence-corrected chi connectivity index (χ2v) is 8.70. The van der Waals surface area contributed by atoms with Crippen LogP contribution < -0.4 is 0 Å². The molecule has 0 aliphatic heterocycles. The average molecular weight is 392 g/mol. The van der Waals surface area contributed by atoms with Crippen molar-refractivity contribution in [3.63, 3.8) is 0 Å². The Morgan fingerprint density at radius 1 is 1.27 bits per heavy atom. The van der Waals surface area contributed by atoms with Gasteiger partial charge in [0.05, 0.1) is 23.0 Å². The number of benzene rings is 1. The molecule has 8 heteroatoms. The van der Waals surface area contributed by atoms with Gasteiger partial charge >= 0.3 is 12.1 Å². The van der Waals surface area contributed by atoms with Crippen molar-refractivity contribution in [2.45, 2.75) is 56.0 Å². The van der Waals surface area contributed by atoms with E-state index in [1.807, 2.05) is 0 Å². The van der Waals surface area contributed by atoms with Gasteiger partial charge in [-0.2, -0.15) is 13.2 Å². The van der Waals surface area contributed by atoms with E-state index in [1.165, 1.54) is 6.07 Å². The van der Waals surface area contributed by atoms with Gasteiger partial charge in [0.25, 0.3) is 0 Å². The molecule has 1 aromatic rings. The SMILES string of the molecule is CCOC(=O)C(CC1CCCC1)c1ccc(S(C)(=O)=O)c(C(F)(F)F)c1. The van der Waals surface area contributed by atoms with Gasteiger partial charge in [-0.3, -0.25) is 4.79 Å². The summed E-state index contributed by atoms with van der Waals surface area (Å²) >= 11 is 0. The molecule has 1 aromatic carbocycles. The molecule has 0 N–H and O–H groups in total. The molecular formula is C18H23F3O4S. The molecule has 0 saturated heterocycles. The van der Waals surface area contributed by atoms with Crippen LogP contribution in [0.15, 0.2) is 23.1 Å². The van der Waals surface area contributed by atoms with E-state index in [0.29, 0.717) is 6.42 Å². The molecule has 0 spiro atoms. The van der Waals surface area contributed by atoms with Crippen molar-refractivity contribution in [2.75, 3.05) is 12.9 Å². The quantitative estimate of drug-likeness (QED) is 0.676. The Morgan fingerprint density at radius 2 is 1.88 bits per heavy atom. The van der Waals surface area contributed by atoms with Crippen LogP contribution in [0.1, 0.15) is 56.1 Å². The van der Waals surface area contributed by atoms with Crippen LogP contribution in [0, 0.1) is 5.92 Å². The highest BCUT2D eigenvalue weighted by Crippen LogP contribution is 2.39. The smallest absolute Gasteiger partial charge is 0.417 e. The minimum absolute atomic E-state index is 0.132.